The summed E-state index contributed by atoms with van der Waals surface area (Å²) in [4.78, 5) is 72.4. The number of carbonyl (C=O) groups excluding carboxylic acids is 4. The Morgan fingerprint density at radius 1 is 0.310 bits per heavy atom. The summed E-state index contributed by atoms with van der Waals surface area (Å²) in [5.74, 6) is -1.40. The Balaban J connectivity index is 5.24. The van der Waals surface area contributed by atoms with E-state index in [0.29, 0.717) is 25.7 Å². The second-order valence-corrected chi connectivity index (χ2v) is 27.9. The van der Waals surface area contributed by atoms with Crippen LogP contribution in [0, 0.1) is 5.92 Å². The van der Waals surface area contributed by atoms with E-state index in [1.54, 1.807) is 0 Å². The van der Waals surface area contributed by atoms with Crippen LogP contribution in [0.25, 0.3) is 0 Å². The molecule has 0 radical (unpaired) electrons. The van der Waals surface area contributed by atoms with Gasteiger partial charge in [0.05, 0.1) is 26.4 Å². The first-order chi connectivity index (χ1) is 42.0. The van der Waals surface area contributed by atoms with Crippen molar-refractivity contribution in [2.45, 2.75) is 368 Å². The topological polar surface area (TPSA) is 237 Å². The molecule has 0 aliphatic carbocycles. The van der Waals surface area contributed by atoms with Gasteiger partial charge in [-0.1, -0.05) is 298 Å². The lowest BCUT2D eigenvalue weighted by molar-refractivity contribution is -0.161. The Hall–Kier alpha value is -1.94. The monoisotopic (exact) mass is 1280 g/mol. The van der Waals surface area contributed by atoms with Crippen LogP contribution in [0.1, 0.15) is 349 Å². The number of unbranched alkanes of at least 4 members (excludes halogenated alkanes) is 40. The molecule has 87 heavy (non-hydrogen) atoms. The maximum atomic E-state index is 13.0. The molecule has 0 saturated carbocycles. The van der Waals surface area contributed by atoms with Gasteiger partial charge in [0, 0.05) is 25.7 Å². The third-order valence-corrected chi connectivity index (χ3v) is 17.7. The number of aliphatic hydroxyl groups is 1. The van der Waals surface area contributed by atoms with Crippen LogP contribution in [-0.4, -0.2) is 96.7 Å². The van der Waals surface area contributed by atoms with Gasteiger partial charge in [-0.05, 0) is 31.6 Å². The molecule has 0 aliphatic rings. The lowest BCUT2D eigenvalue weighted by atomic mass is 10.0. The number of carbonyl (C=O) groups is 4. The van der Waals surface area contributed by atoms with Crippen molar-refractivity contribution in [2.24, 2.45) is 5.92 Å². The van der Waals surface area contributed by atoms with Crippen molar-refractivity contribution in [3.05, 3.63) is 0 Å². The van der Waals surface area contributed by atoms with E-state index in [1.807, 2.05) is 0 Å². The number of ether oxygens (including phenoxy) is 4. The number of aliphatic hydroxyl groups excluding tert-OH is 1. The third-order valence-electron chi connectivity index (χ3n) is 15.8. The number of hydrogen-bond donors (Lipinski definition) is 3. The largest absolute Gasteiger partial charge is 0.472 e. The van der Waals surface area contributed by atoms with E-state index in [-0.39, 0.29) is 25.7 Å². The van der Waals surface area contributed by atoms with Crippen molar-refractivity contribution in [1.82, 2.24) is 0 Å². The summed E-state index contributed by atoms with van der Waals surface area (Å²) in [6.07, 6.45) is 47.1. The number of hydrogen-bond acceptors (Lipinski definition) is 15. The Labute approximate surface area is 530 Å². The summed E-state index contributed by atoms with van der Waals surface area (Å²) in [6.45, 7) is 7.19. The highest BCUT2D eigenvalue weighted by molar-refractivity contribution is 7.47. The van der Waals surface area contributed by atoms with Crippen LogP contribution >= 0.6 is 15.6 Å². The molecule has 0 aromatic rings. The van der Waals surface area contributed by atoms with E-state index in [2.05, 4.69) is 34.6 Å². The van der Waals surface area contributed by atoms with Crippen molar-refractivity contribution >= 4 is 39.5 Å². The molecule has 0 spiro atoms. The fourth-order valence-electron chi connectivity index (χ4n) is 10.3. The zero-order valence-electron chi connectivity index (χ0n) is 56.2. The maximum Gasteiger partial charge on any atom is 0.472 e. The zero-order valence-corrected chi connectivity index (χ0v) is 57.9. The molecule has 5 atom stereocenters. The first kappa shape index (κ1) is 85.1. The van der Waals surface area contributed by atoms with E-state index < -0.39 is 97.5 Å². The zero-order chi connectivity index (χ0) is 64.2. The highest BCUT2D eigenvalue weighted by Crippen LogP contribution is 2.45. The molecule has 0 saturated heterocycles. The second-order valence-electron chi connectivity index (χ2n) is 25.0. The summed E-state index contributed by atoms with van der Waals surface area (Å²) in [7, 11) is -9.89. The first-order valence-electron chi connectivity index (χ1n) is 35.6. The lowest BCUT2D eigenvalue weighted by Crippen LogP contribution is -2.30. The molecule has 3 N–H and O–H groups in total. The molecule has 0 heterocycles. The normalized spacial score (nSPS) is 14.1. The van der Waals surface area contributed by atoms with Crippen LogP contribution in [0.3, 0.4) is 0 Å². The Kier molecular flexibility index (Phi) is 60.2. The van der Waals surface area contributed by atoms with Crippen molar-refractivity contribution in [3.8, 4) is 0 Å². The molecular weight excluding hydrogens is 1150 g/mol. The number of phosphoric acid groups is 2. The molecule has 0 amide bonds. The fraction of sp³-hybridized carbons (Fsp3) is 0.941. The Bertz CT molecular complexity index is 1690. The predicted molar refractivity (Wildman–Crippen MR) is 349 cm³/mol. The van der Waals surface area contributed by atoms with Gasteiger partial charge in [-0.15, -0.1) is 0 Å². The van der Waals surface area contributed by atoms with Gasteiger partial charge in [0.2, 0.25) is 0 Å². The summed E-state index contributed by atoms with van der Waals surface area (Å²) < 4.78 is 68.2. The smallest absolute Gasteiger partial charge is 0.462 e. The quantitative estimate of drug-likeness (QED) is 0.0222. The van der Waals surface area contributed by atoms with Gasteiger partial charge in [-0.25, -0.2) is 9.13 Å². The van der Waals surface area contributed by atoms with E-state index in [0.717, 1.165) is 95.8 Å². The van der Waals surface area contributed by atoms with Crippen molar-refractivity contribution in [2.75, 3.05) is 39.6 Å². The summed E-state index contributed by atoms with van der Waals surface area (Å²) in [6, 6.07) is 0. The molecule has 0 aromatic carbocycles. The molecule has 0 rings (SSSR count). The molecule has 0 bridgehead atoms. The van der Waals surface area contributed by atoms with E-state index >= 15 is 0 Å². The Morgan fingerprint density at radius 3 is 0.782 bits per heavy atom. The number of esters is 4. The Morgan fingerprint density at radius 2 is 0.529 bits per heavy atom. The molecule has 19 heteroatoms. The van der Waals surface area contributed by atoms with E-state index in [4.69, 9.17) is 37.0 Å². The molecule has 17 nitrogen and oxygen atoms in total. The predicted octanol–water partition coefficient (Wildman–Crippen LogP) is 19.4. The average Bonchev–Trinajstić information content (AvgIpc) is 3.70. The van der Waals surface area contributed by atoms with Gasteiger partial charge in [-0.3, -0.25) is 37.3 Å². The highest BCUT2D eigenvalue weighted by Gasteiger charge is 2.30. The van der Waals surface area contributed by atoms with Crippen LogP contribution < -0.4 is 0 Å². The van der Waals surface area contributed by atoms with Crippen LogP contribution in [0.4, 0.5) is 0 Å². The molecule has 2 unspecified atom stereocenters. The molecule has 0 aromatic heterocycles. The SMILES string of the molecule is CCCCCCCCCCCCCCCCCC(=O)O[C@H](COC(=O)CCCCCCCCCCC(C)C)COP(=O)(O)OC[C@@H](O)COP(=O)(O)OC[C@@H](COC(=O)CCCCCCCCCCCC)OC(=O)CCCCCCCCCCCCC. The average molecular weight is 1280 g/mol. The summed E-state index contributed by atoms with van der Waals surface area (Å²) >= 11 is 0. The molecular formula is C68H132O17P2. The number of phosphoric ester groups is 2. The highest BCUT2D eigenvalue weighted by atomic mass is 31.2. The second kappa shape index (κ2) is 61.6. The van der Waals surface area contributed by atoms with Gasteiger partial charge in [0.15, 0.2) is 12.2 Å². The van der Waals surface area contributed by atoms with Gasteiger partial charge in [0.25, 0.3) is 0 Å². The van der Waals surface area contributed by atoms with Crippen LogP contribution in [0.5, 0.6) is 0 Å². The lowest BCUT2D eigenvalue weighted by Gasteiger charge is -2.21. The van der Waals surface area contributed by atoms with Gasteiger partial charge in [-0.2, -0.15) is 0 Å². The molecule has 0 aliphatic heterocycles. The molecule has 0 fully saturated rings. The maximum absolute atomic E-state index is 13.0. The number of rotatable bonds is 68. The molecule has 516 valence electrons. The van der Waals surface area contributed by atoms with Gasteiger partial charge < -0.3 is 33.8 Å². The van der Waals surface area contributed by atoms with E-state index in [9.17, 15) is 43.2 Å². The summed E-state index contributed by atoms with van der Waals surface area (Å²) in [5.41, 5.74) is 0. The van der Waals surface area contributed by atoms with Crippen molar-refractivity contribution in [3.63, 3.8) is 0 Å². The van der Waals surface area contributed by atoms with E-state index in [1.165, 1.54) is 173 Å². The van der Waals surface area contributed by atoms with Crippen molar-refractivity contribution in [1.29, 1.82) is 0 Å². The first-order valence-corrected chi connectivity index (χ1v) is 38.6. The minimum Gasteiger partial charge on any atom is -0.462 e. The van der Waals surface area contributed by atoms with Crippen LogP contribution in [0.15, 0.2) is 0 Å². The van der Waals surface area contributed by atoms with Crippen LogP contribution in [0.2, 0.25) is 0 Å². The van der Waals surface area contributed by atoms with Crippen molar-refractivity contribution < 1.29 is 80.2 Å². The van der Waals surface area contributed by atoms with Crippen LogP contribution in [-0.2, 0) is 65.4 Å². The van der Waals surface area contributed by atoms with Gasteiger partial charge in [0.1, 0.15) is 19.3 Å². The summed E-state index contributed by atoms with van der Waals surface area (Å²) in [5, 5.41) is 10.6. The third kappa shape index (κ3) is 62.6. The van der Waals surface area contributed by atoms with Gasteiger partial charge >= 0.3 is 39.5 Å². The standard InChI is InChI=1S/C68H132O17P2/c1-6-9-12-15-18-21-24-25-26-27-29-32-39-44-49-54-68(73)85-64(58-79-66(71)52-47-42-37-34-33-35-40-45-50-61(4)5)60-83-87(76,77)81-56-62(69)55-80-86(74,75)82-59-63(57-78-65(70)51-46-41-36-30-23-20-17-14-11-8-3)84-67(72)53-48-43-38-31-28-22-19-16-13-10-7-2/h61-64,69H,6-60H2,1-5H3,(H,74,75)(H,76,77)/t62-,63+,64+/m0/s1. The fourth-order valence-corrected chi connectivity index (χ4v) is 11.9. The minimum absolute atomic E-state index is 0.107. The minimum atomic E-state index is -4.95.